The lowest BCUT2D eigenvalue weighted by atomic mass is 10.1. The van der Waals surface area contributed by atoms with Crippen molar-refractivity contribution in [3.63, 3.8) is 0 Å². The summed E-state index contributed by atoms with van der Waals surface area (Å²) in [6.07, 6.45) is 0.351. The van der Waals surface area contributed by atoms with Gasteiger partial charge in [-0.3, -0.25) is 4.79 Å². The van der Waals surface area contributed by atoms with Gasteiger partial charge in [-0.05, 0) is 63.0 Å². The molecule has 0 saturated carbocycles. The molecule has 0 unspecified atom stereocenters. The first kappa shape index (κ1) is 13.5. The summed E-state index contributed by atoms with van der Waals surface area (Å²) in [6, 6.07) is 2.77. The Morgan fingerprint density at radius 2 is 1.94 bits per heavy atom. The largest absolute Gasteiger partial charge is 0.506 e. The van der Waals surface area contributed by atoms with Gasteiger partial charge in [0.2, 0.25) is 0 Å². The van der Waals surface area contributed by atoms with Crippen molar-refractivity contribution < 1.29 is 15.0 Å². The maximum atomic E-state index is 10.8. The lowest BCUT2D eigenvalue weighted by molar-refractivity contribution is -0.139. The van der Waals surface area contributed by atoms with E-state index in [1.54, 1.807) is 19.2 Å². The minimum Gasteiger partial charge on any atom is -0.506 e. The summed E-state index contributed by atoms with van der Waals surface area (Å²) < 4.78 is 1.08. The number of benzene rings is 1. The van der Waals surface area contributed by atoms with Crippen LogP contribution in [0.25, 0.3) is 0 Å². The van der Waals surface area contributed by atoms with Crippen molar-refractivity contribution in [2.45, 2.75) is 12.5 Å². The first-order valence-corrected chi connectivity index (χ1v) is 6.11. The van der Waals surface area contributed by atoms with Gasteiger partial charge in [0.05, 0.1) is 8.95 Å². The molecule has 1 aromatic rings. The second-order valence-corrected chi connectivity index (χ2v) is 5.00. The molecule has 88 valence electrons. The molecule has 0 aliphatic heterocycles. The Kier molecular flexibility index (Phi) is 4.76. The summed E-state index contributed by atoms with van der Waals surface area (Å²) >= 11 is 6.40. The topological polar surface area (TPSA) is 69.6 Å². The van der Waals surface area contributed by atoms with E-state index in [0.717, 1.165) is 5.56 Å². The Labute approximate surface area is 110 Å². The van der Waals surface area contributed by atoms with E-state index >= 15 is 0 Å². The first-order valence-electron chi connectivity index (χ1n) is 4.52. The lowest BCUT2D eigenvalue weighted by Gasteiger charge is -2.12. The average Bonchev–Trinajstić information content (AvgIpc) is 2.21. The molecule has 1 aromatic carbocycles. The van der Waals surface area contributed by atoms with Crippen molar-refractivity contribution in [2.75, 3.05) is 7.05 Å². The van der Waals surface area contributed by atoms with Gasteiger partial charge in [0, 0.05) is 0 Å². The van der Waals surface area contributed by atoms with E-state index in [1.807, 2.05) is 0 Å². The molecular formula is C10H11Br2NO3. The molecular weight excluding hydrogens is 342 g/mol. The van der Waals surface area contributed by atoms with Crippen LogP contribution in [0.1, 0.15) is 5.56 Å². The van der Waals surface area contributed by atoms with E-state index in [0.29, 0.717) is 15.4 Å². The lowest BCUT2D eigenvalue weighted by Crippen LogP contribution is -2.35. The van der Waals surface area contributed by atoms with Crippen LogP contribution in [0.5, 0.6) is 5.75 Å². The maximum Gasteiger partial charge on any atom is 0.321 e. The number of phenols is 1. The molecule has 1 rings (SSSR count). The molecule has 0 spiro atoms. The van der Waals surface area contributed by atoms with E-state index in [2.05, 4.69) is 37.2 Å². The molecule has 0 saturated heterocycles. The SMILES string of the molecule is CN[C@@H](Cc1cc(Br)c(O)c(Br)c1)C(=O)O. The van der Waals surface area contributed by atoms with Gasteiger partial charge in [0.15, 0.2) is 0 Å². The highest BCUT2D eigenvalue weighted by atomic mass is 79.9. The standard InChI is InChI=1S/C10H11Br2NO3/c1-13-8(10(15)16)4-5-2-6(11)9(14)7(12)3-5/h2-3,8,13-14H,4H2,1H3,(H,15,16)/t8-/m0/s1. The van der Waals surface area contributed by atoms with E-state index in [-0.39, 0.29) is 5.75 Å². The maximum absolute atomic E-state index is 10.8. The monoisotopic (exact) mass is 351 g/mol. The van der Waals surface area contributed by atoms with Gasteiger partial charge in [-0.2, -0.15) is 0 Å². The third-order valence-corrected chi connectivity index (χ3v) is 3.37. The number of nitrogens with one attached hydrogen (secondary N) is 1. The van der Waals surface area contributed by atoms with Gasteiger partial charge in [-0.15, -0.1) is 0 Å². The molecule has 0 radical (unpaired) electrons. The van der Waals surface area contributed by atoms with Crippen molar-refractivity contribution in [3.05, 3.63) is 26.6 Å². The fourth-order valence-electron chi connectivity index (χ4n) is 1.28. The number of carbonyl (C=O) groups is 1. The zero-order chi connectivity index (χ0) is 12.3. The summed E-state index contributed by atoms with van der Waals surface area (Å²) in [7, 11) is 1.60. The van der Waals surface area contributed by atoms with Gasteiger partial charge in [0.1, 0.15) is 11.8 Å². The van der Waals surface area contributed by atoms with Gasteiger partial charge < -0.3 is 15.5 Å². The number of halogens is 2. The van der Waals surface area contributed by atoms with Gasteiger partial charge >= 0.3 is 5.97 Å². The molecule has 0 aliphatic rings. The zero-order valence-electron chi connectivity index (χ0n) is 8.50. The third-order valence-electron chi connectivity index (χ3n) is 2.16. The minimum absolute atomic E-state index is 0.111. The molecule has 6 heteroatoms. The van der Waals surface area contributed by atoms with Crippen LogP contribution < -0.4 is 5.32 Å². The summed E-state index contributed by atoms with van der Waals surface area (Å²) in [4.78, 5) is 10.8. The minimum atomic E-state index is -0.900. The predicted octanol–water partition coefficient (Wildman–Crippen LogP) is 2.13. The molecule has 3 N–H and O–H groups in total. The number of rotatable bonds is 4. The Morgan fingerprint density at radius 1 is 1.44 bits per heavy atom. The number of carboxylic acid groups (broad SMARTS) is 1. The Bertz CT molecular complexity index is 386. The van der Waals surface area contributed by atoms with Gasteiger partial charge in [-0.25, -0.2) is 0 Å². The number of likely N-dealkylation sites (N-methyl/N-ethyl adjacent to an activating group) is 1. The van der Waals surface area contributed by atoms with Crippen LogP contribution in [0.4, 0.5) is 0 Å². The van der Waals surface area contributed by atoms with E-state index in [9.17, 15) is 9.90 Å². The smallest absolute Gasteiger partial charge is 0.321 e. The highest BCUT2D eigenvalue weighted by Crippen LogP contribution is 2.33. The molecule has 0 fully saturated rings. The van der Waals surface area contributed by atoms with Crippen LogP contribution in [0.15, 0.2) is 21.1 Å². The molecule has 0 bridgehead atoms. The van der Waals surface area contributed by atoms with Gasteiger partial charge in [-0.1, -0.05) is 0 Å². The summed E-state index contributed by atoms with van der Waals surface area (Å²) in [5.74, 6) is -0.789. The van der Waals surface area contributed by atoms with Crippen LogP contribution in [0, 0.1) is 0 Å². The Balaban J connectivity index is 2.93. The van der Waals surface area contributed by atoms with Crippen molar-refractivity contribution in [2.24, 2.45) is 0 Å². The van der Waals surface area contributed by atoms with Crippen molar-refractivity contribution >= 4 is 37.8 Å². The van der Waals surface area contributed by atoms with Crippen LogP contribution in [-0.4, -0.2) is 29.3 Å². The Morgan fingerprint density at radius 3 is 2.31 bits per heavy atom. The number of hydrogen-bond acceptors (Lipinski definition) is 3. The summed E-state index contributed by atoms with van der Waals surface area (Å²) in [6.45, 7) is 0. The quantitative estimate of drug-likeness (QED) is 0.776. The van der Waals surface area contributed by atoms with E-state index in [1.165, 1.54) is 0 Å². The van der Waals surface area contributed by atoms with Gasteiger partial charge in [0.25, 0.3) is 0 Å². The molecule has 0 amide bonds. The van der Waals surface area contributed by atoms with E-state index < -0.39 is 12.0 Å². The van der Waals surface area contributed by atoms with Crippen LogP contribution in [0.2, 0.25) is 0 Å². The summed E-state index contributed by atoms with van der Waals surface area (Å²) in [5, 5.41) is 21.1. The van der Waals surface area contributed by atoms with Crippen molar-refractivity contribution in [1.29, 1.82) is 0 Å². The number of aliphatic carboxylic acids is 1. The molecule has 1 atom stereocenters. The fraction of sp³-hybridized carbons (Fsp3) is 0.300. The number of aromatic hydroxyl groups is 1. The number of hydrogen-bond donors (Lipinski definition) is 3. The predicted molar refractivity (Wildman–Crippen MR) is 67.7 cm³/mol. The van der Waals surface area contributed by atoms with Crippen LogP contribution >= 0.6 is 31.9 Å². The molecule has 0 heterocycles. The zero-order valence-corrected chi connectivity index (χ0v) is 11.7. The highest BCUT2D eigenvalue weighted by Gasteiger charge is 2.16. The molecule has 4 nitrogen and oxygen atoms in total. The molecule has 16 heavy (non-hydrogen) atoms. The van der Waals surface area contributed by atoms with Crippen LogP contribution in [-0.2, 0) is 11.2 Å². The second-order valence-electron chi connectivity index (χ2n) is 3.29. The number of phenolic OH excluding ortho intramolecular Hbond substituents is 1. The summed E-state index contributed by atoms with van der Waals surface area (Å²) in [5.41, 5.74) is 0.818. The third kappa shape index (κ3) is 3.20. The van der Waals surface area contributed by atoms with Crippen molar-refractivity contribution in [1.82, 2.24) is 5.32 Å². The second kappa shape index (κ2) is 5.65. The molecule has 0 aromatic heterocycles. The van der Waals surface area contributed by atoms with Crippen molar-refractivity contribution in [3.8, 4) is 5.75 Å². The average molecular weight is 353 g/mol. The van der Waals surface area contributed by atoms with Crippen LogP contribution in [0.3, 0.4) is 0 Å². The molecule has 0 aliphatic carbocycles. The normalized spacial score (nSPS) is 12.4. The first-order chi connectivity index (χ1) is 7.45. The highest BCUT2D eigenvalue weighted by molar-refractivity contribution is 9.11. The fourth-order valence-corrected chi connectivity index (χ4v) is 2.57. The Hall–Kier alpha value is -0.590. The van der Waals surface area contributed by atoms with E-state index in [4.69, 9.17) is 5.11 Å². The number of carboxylic acids is 1.